The lowest BCUT2D eigenvalue weighted by molar-refractivity contribution is -0.132. The van der Waals surface area contributed by atoms with Crippen molar-refractivity contribution in [3.8, 4) is 0 Å². The maximum atomic E-state index is 12.0. The minimum atomic E-state index is -0.246. The maximum absolute atomic E-state index is 12.0. The fourth-order valence-corrected chi connectivity index (χ4v) is 2.24. The molecule has 1 saturated carbocycles. The van der Waals surface area contributed by atoms with E-state index in [2.05, 4.69) is 0 Å². The first-order valence-electron chi connectivity index (χ1n) is 6.57. The quantitative estimate of drug-likeness (QED) is 0.768. The topological polar surface area (TPSA) is 55.6 Å². The molecule has 1 rings (SSSR count). The number of carbonyl (C=O) groups excluding carboxylic acids is 1. The SMILES string of the molecule is CC(C)OCCN(C)C(=O)CC1(N)CCCC1. The normalized spacial score (nSPS) is 18.6. The summed E-state index contributed by atoms with van der Waals surface area (Å²) < 4.78 is 5.43. The third-order valence-corrected chi connectivity index (χ3v) is 3.41. The van der Waals surface area contributed by atoms with Crippen molar-refractivity contribution in [3.63, 3.8) is 0 Å². The first kappa shape index (κ1) is 14.5. The number of nitrogens with two attached hydrogens (primary N) is 1. The Kier molecular flexibility index (Phi) is 5.40. The standard InChI is InChI=1S/C13H26N2O2/c1-11(2)17-9-8-15(3)12(16)10-13(14)6-4-5-7-13/h11H,4-10,14H2,1-3H3. The van der Waals surface area contributed by atoms with Gasteiger partial charge in [-0.05, 0) is 26.7 Å². The van der Waals surface area contributed by atoms with Crippen LogP contribution in [-0.2, 0) is 9.53 Å². The largest absolute Gasteiger partial charge is 0.377 e. The van der Waals surface area contributed by atoms with E-state index in [1.165, 1.54) is 0 Å². The zero-order valence-corrected chi connectivity index (χ0v) is 11.4. The van der Waals surface area contributed by atoms with Crippen molar-refractivity contribution in [1.29, 1.82) is 0 Å². The summed E-state index contributed by atoms with van der Waals surface area (Å²) in [5.41, 5.74) is 5.95. The van der Waals surface area contributed by atoms with Crippen LogP contribution in [0.4, 0.5) is 0 Å². The fraction of sp³-hybridized carbons (Fsp3) is 0.923. The van der Waals surface area contributed by atoms with E-state index < -0.39 is 0 Å². The molecule has 4 heteroatoms. The summed E-state index contributed by atoms with van der Waals surface area (Å²) in [6, 6.07) is 0. The van der Waals surface area contributed by atoms with E-state index in [1.54, 1.807) is 4.90 Å². The van der Waals surface area contributed by atoms with Gasteiger partial charge in [0, 0.05) is 25.6 Å². The molecule has 0 atom stereocenters. The molecule has 0 heterocycles. The Balaban J connectivity index is 2.26. The molecular formula is C13H26N2O2. The molecule has 4 nitrogen and oxygen atoms in total. The molecule has 1 fully saturated rings. The summed E-state index contributed by atoms with van der Waals surface area (Å²) in [5.74, 6) is 0.141. The fourth-order valence-electron chi connectivity index (χ4n) is 2.24. The van der Waals surface area contributed by atoms with Crippen molar-refractivity contribution in [3.05, 3.63) is 0 Å². The van der Waals surface area contributed by atoms with Crippen LogP contribution in [0.15, 0.2) is 0 Å². The van der Waals surface area contributed by atoms with E-state index in [1.807, 2.05) is 20.9 Å². The predicted molar refractivity (Wildman–Crippen MR) is 68.7 cm³/mol. The van der Waals surface area contributed by atoms with Gasteiger partial charge in [0.2, 0.25) is 5.91 Å². The number of nitrogens with zero attached hydrogens (tertiary/aromatic N) is 1. The zero-order valence-electron chi connectivity index (χ0n) is 11.4. The monoisotopic (exact) mass is 242 g/mol. The molecule has 0 bridgehead atoms. The highest BCUT2D eigenvalue weighted by Gasteiger charge is 2.32. The van der Waals surface area contributed by atoms with E-state index in [0.29, 0.717) is 19.6 Å². The van der Waals surface area contributed by atoms with Gasteiger partial charge in [0.25, 0.3) is 0 Å². The van der Waals surface area contributed by atoms with Crippen LogP contribution in [0, 0.1) is 0 Å². The molecule has 1 amide bonds. The van der Waals surface area contributed by atoms with Gasteiger partial charge in [0.15, 0.2) is 0 Å². The molecule has 1 aliphatic carbocycles. The number of rotatable bonds is 6. The Hall–Kier alpha value is -0.610. The van der Waals surface area contributed by atoms with E-state index in [4.69, 9.17) is 10.5 Å². The first-order chi connectivity index (χ1) is 7.93. The lowest BCUT2D eigenvalue weighted by atomic mass is 9.94. The highest BCUT2D eigenvalue weighted by atomic mass is 16.5. The number of carbonyl (C=O) groups is 1. The molecule has 0 aromatic heterocycles. The lowest BCUT2D eigenvalue weighted by Gasteiger charge is -2.26. The van der Waals surface area contributed by atoms with Crippen molar-refractivity contribution in [1.82, 2.24) is 4.90 Å². The van der Waals surface area contributed by atoms with Gasteiger partial charge in [-0.2, -0.15) is 0 Å². The number of ether oxygens (including phenoxy) is 1. The third-order valence-electron chi connectivity index (χ3n) is 3.41. The van der Waals surface area contributed by atoms with Crippen LogP contribution >= 0.6 is 0 Å². The summed E-state index contributed by atoms with van der Waals surface area (Å²) in [6.07, 6.45) is 4.97. The van der Waals surface area contributed by atoms with Crippen molar-refractivity contribution in [2.45, 2.75) is 57.6 Å². The van der Waals surface area contributed by atoms with Crippen LogP contribution < -0.4 is 5.73 Å². The molecule has 0 aromatic carbocycles. The summed E-state index contributed by atoms with van der Waals surface area (Å²) in [4.78, 5) is 13.7. The third kappa shape index (κ3) is 5.04. The maximum Gasteiger partial charge on any atom is 0.224 e. The Morgan fingerprint density at radius 2 is 2.00 bits per heavy atom. The molecule has 100 valence electrons. The van der Waals surface area contributed by atoms with Crippen LogP contribution in [0.25, 0.3) is 0 Å². The Morgan fingerprint density at radius 1 is 1.41 bits per heavy atom. The van der Waals surface area contributed by atoms with E-state index >= 15 is 0 Å². The number of likely N-dealkylation sites (N-methyl/N-ethyl adjacent to an activating group) is 1. The van der Waals surface area contributed by atoms with Crippen LogP contribution in [0.2, 0.25) is 0 Å². The van der Waals surface area contributed by atoms with Crippen molar-refractivity contribution < 1.29 is 9.53 Å². The minimum absolute atomic E-state index is 0.141. The van der Waals surface area contributed by atoms with Gasteiger partial charge < -0.3 is 15.4 Å². The van der Waals surface area contributed by atoms with Crippen LogP contribution in [-0.4, -0.2) is 42.6 Å². The second-order valence-electron chi connectivity index (χ2n) is 5.48. The molecule has 0 aliphatic heterocycles. The summed E-state index contributed by atoms with van der Waals surface area (Å²) >= 11 is 0. The summed E-state index contributed by atoms with van der Waals surface area (Å²) in [5, 5.41) is 0. The molecule has 17 heavy (non-hydrogen) atoms. The average molecular weight is 242 g/mol. The molecule has 2 N–H and O–H groups in total. The van der Waals surface area contributed by atoms with Gasteiger partial charge in [-0.25, -0.2) is 0 Å². The minimum Gasteiger partial charge on any atom is -0.377 e. The second-order valence-corrected chi connectivity index (χ2v) is 5.48. The van der Waals surface area contributed by atoms with Crippen molar-refractivity contribution >= 4 is 5.91 Å². The number of hydrogen-bond donors (Lipinski definition) is 1. The zero-order chi connectivity index (χ0) is 12.9. The Labute approximate surface area is 104 Å². The van der Waals surface area contributed by atoms with Crippen LogP contribution in [0.1, 0.15) is 46.0 Å². The smallest absolute Gasteiger partial charge is 0.224 e. The van der Waals surface area contributed by atoms with Gasteiger partial charge >= 0.3 is 0 Å². The summed E-state index contributed by atoms with van der Waals surface area (Å²) in [6.45, 7) is 5.23. The van der Waals surface area contributed by atoms with Crippen molar-refractivity contribution in [2.24, 2.45) is 5.73 Å². The highest BCUT2D eigenvalue weighted by Crippen LogP contribution is 2.30. The average Bonchev–Trinajstić information content (AvgIpc) is 2.64. The van der Waals surface area contributed by atoms with Crippen LogP contribution in [0.5, 0.6) is 0 Å². The van der Waals surface area contributed by atoms with Gasteiger partial charge in [0.05, 0.1) is 12.7 Å². The Morgan fingerprint density at radius 3 is 2.53 bits per heavy atom. The van der Waals surface area contributed by atoms with Gasteiger partial charge in [0.1, 0.15) is 0 Å². The lowest BCUT2D eigenvalue weighted by Crippen LogP contribution is -2.43. The van der Waals surface area contributed by atoms with E-state index in [-0.39, 0.29) is 17.6 Å². The molecule has 0 aromatic rings. The Bertz CT molecular complexity index is 248. The first-order valence-corrected chi connectivity index (χ1v) is 6.57. The van der Waals surface area contributed by atoms with Crippen LogP contribution in [0.3, 0.4) is 0 Å². The molecule has 0 saturated heterocycles. The highest BCUT2D eigenvalue weighted by molar-refractivity contribution is 5.77. The van der Waals surface area contributed by atoms with Gasteiger partial charge in [-0.3, -0.25) is 4.79 Å². The van der Waals surface area contributed by atoms with Gasteiger partial charge in [-0.15, -0.1) is 0 Å². The molecular weight excluding hydrogens is 216 g/mol. The van der Waals surface area contributed by atoms with Crippen molar-refractivity contribution in [2.75, 3.05) is 20.2 Å². The second kappa shape index (κ2) is 6.36. The molecule has 0 radical (unpaired) electrons. The number of amides is 1. The summed E-state index contributed by atoms with van der Waals surface area (Å²) in [7, 11) is 1.82. The van der Waals surface area contributed by atoms with E-state index in [9.17, 15) is 4.79 Å². The number of hydrogen-bond acceptors (Lipinski definition) is 3. The molecule has 0 spiro atoms. The predicted octanol–water partition coefficient (Wildman–Crippen LogP) is 1.53. The van der Waals surface area contributed by atoms with Gasteiger partial charge in [-0.1, -0.05) is 12.8 Å². The van der Waals surface area contributed by atoms with E-state index in [0.717, 1.165) is 25.7 Å². The molecule has 1 aliphatic rings. The molecule has 0 unspecified atom stereocenters.